The van der Waals surface area contributed by atoms with Crippen LogP contribution in [0.1, 0.15) is 37.0 Å². The van der Waals surface area contributed by atoms with Crippen LogP contribution in [-0.4, -0.2) is 32.5 Å². The quantitative estimate of drug-likeness (QED) is 0.568. The van der Waals surface area contributed by atoms with Crippen molar-refractivity contribution in [3.05, 3.63) is 29.8 Å². The molecule has 0 aliphatic rings. The maximum atomic E-state index is 11.9. The van der Waals surface area contributed by atoms with E-state index >= 15 is 0 Å². The Bertz CT molecular complexity index is 572. The van der Waals surface area contributed by atoms with Gasteiger partial charge in [-0.15, -0.1) is 0 Å². The molecule has 6 heteroatoms. The standard InChI is InChI=1S/C14H18O5S/c1-3-5-13(15)11-6-8-12(9-7-11)20(17,18)10-14(16)19-4-2/h6-9H,3-5,10H2,1-2H3. The topological polar surface area (TPSA) is 77.5 Å². The molecule has 0 radical (unpaired) electrons. The molecule has 0 atom stereocenters. The molecule has 110 valence electrons. The van der Waals surface area contributed by atoms with Gasteiger partial charge in [-0.1, -0.05) is 19.1 Å². The molecule has 1 rings (SSSR count). The summed E-state index contributed by atoms with van der Waals surface area (Å²) in [6.45, 7) is 3.65. The van der Waals surface area contributed by atoms with Gasteiger partial charge in [0.15, 0.2) is 21.4 Å². The van der Waals surface area contributed by atoms with Crippen LogP contribution < -0.4 is 0 Å². The molecular formula is C14H18O5S. The highest BCUT2D eigenvalue weighted by molar-refractivity contribution is 7.92. The molecule has 20 heavy (non-hydrogen) atoms. The molecular weight excluding hydrogens is 280 g/mol. The van der Waals surface area contributed by atoms with Crippen LogP contribution in [0, 0.1) is 0 Å². The SMILES string of the molecule is CCCC(=O)c1ccc(S(=O)(=O)CC(=O)OCC)cc1. The molecule has 0 unspecified atom stereocenters. The van der Waals surface area contributed by atoms with Crippen molar-refractivity contribution in [3.63, 3.8) is 0 Å². The molecule has 0 heterocycles. The minimum absolute atomic E-state index is 0.0126. The zero-order valence-corrected chi connectivity index (χ0v) is 12.4. The molecule has 0 aliphatic heterocycles. The Balaban J connectivity index is 2.87. The van der Waals surface area contributed by atoms with Crippen LogP contribution in [0.25, 0.3) is 0 Å². The number of sulfone groups is 1. The summed E-state index contributed by atoms with van der Waals surface area (Å²) in [7, 11) is -3.72. The van der Waals surface area contributed by atoms with Crippen LogP contribution >= 0.6 is 0 Å². The summed E-state index contributed by atoms with van der Waals surface area (Å²) in [6, 6.07) is 5.63. The molecule has 0 amide bonds. The fourth-order valence-electron chi connectivity index (χ4n) is 1.66. The first-order chi connectivity index (χ1) is 9.40. The summed E-state index contributed by atoms with van der Waals surface area (Å²) < 4.78 is 28.5. The van der Waals surface area contributed by atoms with Crippen LogP contribution in [0.3, 0.4) is 0 Å². The van der Waals surface area contributed by atoms with Gasteiger partial charge in [0, 0.05) is 12.0 Å². The second kappa shape index (κ2) is 7.19. The van der Waals surface area contributed by atoms with E-state index in [0.717, 1.165) is 6.42 Å². The van der Waals surface area contributed by atoms with Crippen molar-refractivity contribution in [2.75, 3.05) is 12.4 Å². The van der Waals surface area contributed by atoms with Crippen molar-refractivity contribution in [2.45, 2.75) is 31.6 Å². The van der Waals surface area contributed by atoms with E-state index < -0.39 is 21.6 Å². The summed E-state index contributed by atoms with van der Waals surface area (Å²) in [5.74, 6) is -1.50. The molecule has 0 saturated carbocycles. The van der Waals surface area contributed by atoms with Crippen LogP contribution in [0.2, 0.25) is 0 Å². The minimum atomic E-state index is -3.72. The van der Waals surface area contributed by atoms with E-state index in [0.29, 0.717) is 12.0 Å². The molecule has 0 bridgehead atoms. The molecule has 1 aromatic carbocycles. The lowest BCUT2D eigenvalue weighted by Crippen LogP contribution is -2.18. The van der Waals surface area contributed by atoms with Gasteiger partial charge in [0.1, 0.15) is 0 Å². The van der Waals surface area contributed by atoms with Crippen molar-refractivity contribution in [1.29, 1.82) is 0 Å². The van der Waals surface area contributed by atoms with Crippen LogP contribution in [0.5, 0.6) is 0 Å². The first kappa shape index (κ1) is 16.4. The Morgan fingerprint density at radius 1 is 1.10 bits per heavy atom. The second-order valence-corrected chi connectivity index (χ2v) is 6.25. The molecule has 1 aromatic rings. The number of benzene rings is 1. The average Bonchev–Trinajstić information content (AvgIpc) is 2.39. The monoisotopic (exact) mass is 298 g/mol. The normalized spacial score (nSPS) is 11.1. The fourth-order valence-corrected chi connectivity index (χ4v) is 2.77. The van der Waals surface area contributed by atoms with Gasteiger partial charge in [-0.3, -0.25) is 9.59 Å². The summed E-state index contributed by atoms with van der Waals surface area (Å²) in [5.41, 5.74) is 0.474. The molecule has 0 aliphatic carbocycles. The number of carbonyl (C=O) groups excluding carboxylic acids is 2. The van der Waals surface area contributed by atoms with Gasteiger partial charge in [-0.25, -0.2) is 8.42 Å². The molecule has 0 spiro atoms. The Morgan fingerprint density at radius 3 is 2.20 bits per heavy atom. The molecule has 0 N–H and O–H groups in total. The van der Waals surface area contributed by atoms with E-state index in [9.17, 15) is 18.0 Å². The summed E-state index contributed by atoms with van der Waals surface area (Å²) in [4.78, 5) is 22.9. The van der Waals surface area contributed by atoms with Crippen molar-refractivity contribution in [3.8, 4) is 0 Å². The lowest BCUT2D eigenvalue weighted by molar-refractivity contribution is -0.139. The van der Waals surface area contributed by atoms with Gasteiger partial charge in [-0.2, -0.15) is 0 Å². The average molecular weight is 298 g/mol. The van der Waals surface area contributed by atoms with E-state index in [1.54, 1.807) is 6.92 Å². The van der Waals surface area contributed by atoms with Gasteiger partial charge in [0.25, 0.3) is 0 Å². The highest BCUT2D eigenvalue weighted by Gasteiger charge is 2.20. The van der Waals surface area contributed by atoms with E-state index in [4.69, 9.17) is 0 Å². The highest BCUT2D eigenvalue weighted by Crippen LogP contribution is 2.14. The Labute approximate surface area is 118 Å². The fraction of sp³-hybridized carbons (Fsp3) is 0.429. The van der Waals surface area contributed by atoms with Gasteiger partial charge in [0.05, 0.1) is 11.5 Å². The Kier molecular flexibility index (Phi) is 5.88. The van der Waals surface area contributed by atoms with E-state index in [2.05, 4.69) is 4.74 Å². The van der Waals surface area contributed by atoms with Gasteiger partial charge in [-0.05, 0) is 25.5 Å². The van der Waals surface area contributed by atoms with Crippen LogP contribution in [0.4, 0.5) is 0 Å². The van der Waals surface area contributed by atoms with Crippen molar-refractivity contribution in [1.82, 2.24) is 0 Å². The number of rotatable bonds is 7. The Morgan fingerprint density at radius 2 is 1.70 bits per heavy atom. The highest BCUT2D eigenvalue weighted by atomic mass is 32.2. The zero-order chi connectivity index (χ0) is 15.2. The molecule has 0 saturated heterocycles. The smallest absolute Gasteiger partial charge is 0.321 e. The lowest BCUT2D eigenvalue weighted by Gasteiger charge is -2.05. The number of esters is 1. The third-order valence-corrected chi connectivity index (χ3v) is 4.23. The first-order valence-electron chi connectivity index (χ1n) is 6.42. The summed E-state index contributed by atoms with van der Waals surface area (Å²) >= 11 is 0. The Hall–Kier alpha value is -1.69. The molecule has 0 fully saturated rings. The number of Topliss-reactive ketones (excluding diaryl/α,β-unsaturated/α-hetero) is 1. The van der Waals surface area contributed by atoms with E-state index in [1.807, 2.05) is 6.92 Å². The van der Waals surface area contributed by atoms with Crippen molar-refractivity contribution in [2.24, 2.45) is 0 Å². The number of ketones is 1. The number of carbonyl (C=O) groups is 2. The number of hydrogen-bond acceptors (Lipinski definition) is 5. The van der Waals surface area contributed by atoms with Crippen molar-refractivity contribution < 1.29 is 22.7 Å². The van der Waals surface area contributed by atoms with Gasteiger partial charge in [0.2, 0.25) is 0 Å². The summed E-state index contributed by atoms with van der Waals surface area (Å²) in [6.07, 6.45) is 1.16. The lowest BCUT2D eigenvalue weighted by atomic mass is 10.1. The van der Waals surface area contributed by atoms with E-state index in [-0.39, 0.29) is 17.3 Å². The predicted molar refractivity (Wildman–Crippen MR) is 74.4 cm³/mol. The largest absolute Gasteiger partial charge is 0.465 e. The van der Waals surface area contributed by atoms with Crippen LogP contribution in [0.15, 0.2) is 29.2 Å². The zero-order valence-electron chi connectivity index (χ0n) is 11.6. The second-order valence-electron chi connectivity index (χ2n) is 4.26. The van der Waals surface area contributed by atoms with Crippen LogP contribution in [-0.2, 0) is 19.4 Å². The van der Waals surface area contributed by atoms with Gasteiger partial charge < -0.3 is 4.74 Å². The summed E-state index contributed by atoms with van der Waals surface area (Å²) in [5, 5.41) is 0. The first-order valence-corrected chi connectivity index (χ1v) is 8.07. The number of hydrogen-bond donors (Lipinski definition) is 0. The minimum Gasteiger partial charge on any atom is -0.465 e. The van der Waals surface area contributed by atoms with E-state index in [1.165, 1.54) is 24.3 Å². The third-order valence-electron chi connectivity index (χ3n) is 2.63. The third kappa shape index (κ3) is 4.45. The van der Waals surface area contributed by atoms with Gasteiger partial charge >= 0.3 is 5.97 Å². The van der Waals surface area contributed by atoms with Crippen molar-refractivity contribution >= 4 is 21.6 Å². The molecule has 5 nitrogen and oxygen atoms in total. The molecule has 0 aromatic heterocycles. The maximum Gasteiger partial charge on any atom is 0.321 e. The number of ether oxygens (including phenoxy) is 1. The maximum absolute atomic E-state index is 11.9. The predicted octanol–water partition coefficient (Wildman–Crippen LogP) is 2.01.